The van der Waals surface area contributed by atoms with E-state index in [0.29, 0.717) is 25.9 Å². The molecule has 0 saturated carbocycles. The molecule has 2 heterocycles. The lowest BCUT2D eigenvalue weighted by molar-refractivity contribution is -0.138. The molecule has 1 aromatic rings. The molecule has 2 aliphatic rings. The number of carbonyl (C=O) groups is 3. The molecule has 10 nitrogen and oxygen atoms in total. The Bertz CT molecular complexity index is 1130. The fourth-order valence-corrected chi connectivity index (χ4v) is 6.42. The minimum absolute atomic E-state index is 0.0336. The summed E-state index contributed by atoms with van der Waals surface area (Å²) in [6, 6.07) is 4.57. The van der Waals surface area contributed by atoms with Crippen LogP contribution in [0.3, 0.4) is 0 Å². The highest BCUT2D eigenvalue weighted by Gasteiger charge is 2.43. The smallest absolute Gasteiger partial charge is 0.407 e. The largest absolute Gasteiger partial charge is 0.465 e. The molecule has 198 valence electrons. The first-order chi connectivity index (χ1) is 16.8. The first kappa shape index (κ1) is 27.5. The van der Waals surface area contributed by atoms with E-state index < -0.39 is 28.1 Å². The topological polar surface area (TPSA) is 127 Å². The Morgan fingerprint density at radius 1 is 1.19 bits per heavy atom. The molecule has 1 saturated heterocycles. The van der Waals surface area contributed by atoms with Crippen LogP contribution in [0.1, 0.15) is 52.5 Å². The molecular formula is C25H36N4O6S. The maximum atomic E-state index is 13.5. The van der Waals surface area contributed by atoms with Crippen LogP contribution in [0.25, 0.3) is 0 Å². The standard InChI is InChI=1S/C25H36N4O6S/c1-6-27(18-11-13-28(24(32)33)21(15-18)25(3,4)5)22(30)16-20-23(31)26-12-14-29(20)36(34,35)19-9-7-17(2)8-10-19/h7-10,12,14,18,20-21H,6,11,13,15-16H2,1-5H3,(H,26,31)(H,32,33)/t18?,20-,21?/m1/s1. The maximum Gasteiger partial charge on any atom is 0.407 e. The molecule has 0 bridgehead atoms. The molecule has 2 unspecified atom stereocenters. The second-order valence-electron chi connectivity index (χ2n) is 10.4. The second-order valence-corrected chi connectivity index (χ2v) is 12.3. The van der Waals surface area contributed by atoms with Crippen molar-refractivity contribution >= 4 is 27.9 Å². The number of amides is 3. The number of hydrogen-bond acceptors (Lipinski definition) is 5. The van der Waals surface area contributed by atoms with Crippen molar-refractivity contribution in [1.82, 2.24) is 19.4 Å². The van der Waals surface area contributed by atoms with Gasteiger partial charge < -0.3 is 20.2 Å². The molecule has 2 aliphatic heterocycles. The first-order valence-corrected chi connectivity index (χ1v) is 13.6. The third kappa shape index (κ3) is 5.66. The maximum absolute atomic E-state index is 13.5. The summed E-state index contributed by atoms with van der Waals surface area (Å²) in [4.78, 5) is 41.1. The number of sulfonamides is 1. The van der Waals surface area contributed by atoms with Gasteiger partial charge in [0.1, 0.15) is 6.04 Å². The Labute approximate surface area is 213 Å². The lowest BCUT2D eigenvalue weighted by atomic mass is 9.79. The van der Waals surface area contributed by atoms with Crippen molar-refractivity contribution in [3.8, 4) is 0 Å². The molecule has 2 N–H and O–H groups in total. The Morgan fingerprint density at radius 2 is 1.83 bits per heavy atom. The fourth-order valence-electron chi connectivity index (χ4n) is 4.97. The number of nitrogens with zero attached hydrogens (tertiary/aromatic N) is 3. The summed E-state index contributed by atoms with van der Waals surface area (Å²) in [6.07, 6.45) is 2.16. The quantitative estimate of drug-likeness (QED) is 0.594. The minimum atomic E-state index is -4.07. The molecule has 0 radical (unpaired) electrons. The van der Waals surface area contributed by atoms with Crippen LogP contribution in [0.2, 0.25) is 0 Å². The number of carboxylic acid groups (broad SMARTS) is 1. The van der Waals surface area contributed by atoms with Gasteiger partial charge in [-0.25, -0.2) is 13.2 Å². The molecule has 36 heavy (non-hydrogen) atoms. The van der Waals surface area contributed by atoms with Gasteiger partial charge in [0.2, 0.25) is 11.8 Å². The fraction of sp³-hybridized carbons (Fsp3) is 0.560. The summed E-state index contributed by atoms with van der Waals surface area (Å²) in [5.74, 6) is -0.927. The average Bonchev–Trinajstić information content (AvgIpc) is 2.80. The molecule has 1 aromatic carbocycles. The Balaban J connectivity index is 1.83. The van der Waals surface area contributed by atoms with Crippen LogP contribution in [0, 0.1) is 12.3 Å². The zero-order valence-electron chi connectivity index (χ0n) is 21.5. The van der Waals surface area contributed by atoms with Gasteiger partial charge in [0.05, 0.1) is 11.3 Å². The number of rotatable bonds is 6. The van der Waals surface area contributed by atoms with Gasteiger partial charge in [0, 0.05) is 37.6 Å². The number of nitrogens with one attached hydrogen (secondary N) is 1. The lowest BCUT2D eigenvalue weighted by Gasteiger charge is -2.47. The normalized spacial score (nSPS) is 22.8. The van der Waals surface area contributed by atoms with Gasteiger partial charge in [-0.05, 0) is 44.2 Å². The summed E-state index contributed by atoms with van der Waals surface area (Å²) < 4.78 is 27.6. The van der Waals surface area contributed by atoms with Crippen LogP contribution in [0.4, 0.5) is 4.79 Å². The molecule has 0 aromatic heterocycles. The summed E-state index contributed by atoms with van der Waals surface area (Å²) in [7, 11) is -4.07. The average molecular weight is 521 g/mol. The number of benzene rings is 1. The van der Waals surface area contributed by atoms with Crippen LogP contribution < -0.4 is 5.32 Å². The van der Waals surface area contributed by atoms with Crippen molar-refractivity contribution in [2.45, 2.75) is 76.9 Å². The van der Waals surface area contributed by atoms with E-state index >= 15 is 0 Å². The molecule has 11 heteroatoms. The predicted octanol–water partition coefficient (Wildman–Crippen LogP) is 2.75. The Morgan fingerprint density at radius 3 is 2.39 bits per heavy atom. The van der Waals surface area contributed by atoms with Gasteiger partial charge in [0.25, 0.3) is 10.0 Å². The minimum Gasteiger partial charge on any atom is -0.465 e. The van der Waals surface area contributed by atoms with Gasteiger partial charge in [-0.3, -0.25) is 13.9 Å². The van der Waals surface area contributed by atoms with E-state index in [9.17, 15) is 27.9 Å². The van der Waals surface area contributed by atoms with E-state index in [1.807, 2.05) is 34.6 Å². The zero-order chi connectivity index (χ0) is 26.8. The Hall–Kier alpha value is -3.08. The van der Waals surface area contributed by atoms with Gasteiger partial charge in [-0.1, -0.05) is 38.5 Å². The van der Waals surface area contributed by atoms with Crippen molar-refractivity contribution in [1.29, 1.82) is 0 Å². The Kier molecular flexibility index (Phi) is 8.02. The summed E-state index contributed by atoms with van der Waals surface area (Å²) >= 11 is 0. The first-order valence-electron chi connectivity index (χ1n) is 12.1. The number of aryl methyl sites for hydroxylation is 1. The van der Waals surface area contributed by atoms with Crippen LogP contribution >= 0.6 is 0 Å². The van der Waals surface area contributed by atoms with Gasteiger partial charge in [0.15, 0.2) is 0 Å². The predicted molar refractivity (Wildman–Crippen MR) is 134 cm³/mol. The van der Waals surface area contributed by atoms with Crippen molar-refractivity contribution in [2.24, 2.45) is 5.41 Å². The van der Waals surface area contributed by atoms with Crippen molar-refractivity contribution in [2.75, 3.05) is 13.1 Å². The molecule has 1 fully saturated rings. The zero-order valence-corrected chi connectivity index (χ0v) is 22.3. The SMILES string of the molecule is CCN(C(=O)C[C@@H]1C(=O)NC=CN1S(=O)(=O)c1ccc(C)cc1)C1CCN(C(=O)O)C(C(C)(C)C)C1. The molecule has 3 rings (SSSR count). The van der Waals surface area contributed by atoms with Crippen LogP contribution in [-0.4, -0.2) is 76.8 Å². The molecule has 3 atom stereocenters. The molecule has 3 amide bonds. The molecular weight excluding hydrogens is 484 g/mol. The third-order valence-corrected chi connectivity index (χ3v) is 8.74. The van der Waals surface area contributed by atoms with Gasteiger partial charge in [-0.2, -0.15) is 0 Å². The third-order valence-electron chi connectivity index (χ3n) is 6.94. The second kappa shape index (κ2) is 10.5. The van der Waals surface area contributed by atoms with Crippen molar-refractivity contribution in [3.05, 3.63) is 42.2 Å². The summed E-state index contributed by atoms with van der Waals surface area (Å²) in [5, 5.41) is 12.2. The van der Waals surface area contributed by atoms with E-state index in [1.54, 1.807) is 17.0 Å². The highest BCUT2D eigenvalue weighted by molar-refractivity contribution is 7.89. The monoisotopic (exact) mass is 520 g/mol. The number of carbonyl (C=O) groups excluding carboxylic acids is 2. The van der Waals surface area contributed by atoms with E-state index in [1.165, 1.54) is 29.4 Å². The van der Waals surface area contributed by atoms with Crippen LogP contribution in [0.15, 0.2) is 41.6 Å². The number of piperidine rings is 1. The van der Waals surface area contributed by atoms with E-state index in [2.05, 4.69) is 5.32 Å². The van der Waals surface area contributed by atoms with Gasteiger partial charge in [-0.15, -0.1) is 0 Å². The lowest BCUT2D eigenvalue weighted by Crippen LogP contribution is -2.57. The molecule has 0 spiro atoms. The summed E-state index contributed by atoms with van der Waals surface area (Å²) in [5.41, 5.74) is 0.570. The highest BCUT2D eigenvalue weighted by Crippen LogP contribution is 2.34. The highest BCUT2D eigenvalue weighted by atomic mass is 32.2. The van der Waals surface area contributed by atoms with Crippen LogP contribution in [0.5, 0.6) is 0 Å². The molecule has 0 aliphatic carbocycles. The van der Waals surface area contributed by atoms with E-state index in [-0.39, 0.29) is 34.7 Å². The van der Waals surface area contributed by atoms with Crippen molar-refractivity contribution in [3.63, 3.8) is 0 Å². The van der Waals surface area contributed by atoms with Crippen molar-refractivity contribution < 1.29 is 27.9 Å². The van der Waals surface area contributed by atoms with E-state index in [0.717, 1.165) is 9.87 Å². The summed E-state index contributed by atoms with van der Waals surface area (Å²) in [6.45, 7) is 10.3. The van der Waals surface area contributed by atoms with Crippen LogP contribution in [-0.2, 0) is 19.6 Å². The number of likely N-dealkylation sites (tertiary alicyclic amines) is 1. The van der Waals surface area contributed by atoms with E-state index in [4.69, 9.17) is 0 Å². The van der Waals surface area contributed by atoms with Gasteiger partial charge >= 0.3 is 6.09 Å². The number of hydrogen-bond donors (Lipinski definition) is 2.